The Morgan fingerprint density at radius 3 is 2.44 bits per heavy atom. The van der Waals surface area contributed by atoms with Gasteiger partial charge in [0.05, 0.1) is 33.8 Å². The zero-order chi connectivity index (χ0) is 20.8. The van der Waals surface area contributed by atoms with Crippen LogP contribution in [0.4, 0.5) is 0 Å². The number of amides is 1. The number of nitrogens with zero attached hydrogens (tertiary/aromatic N) is 1. The molecule has 0 aliphatic heterocycles. The first-order chi connectivity index (χ1) is 12.6. The van der Waals surface area contributed by atoms with Crippen LogP contribution in [-0.4, -0.2) is 73.7 Å². The number of likely N-dealkylation sites (N-methyl/N-ethyl adjacent to an activating group) is 1. The molecular formula is C18H40N2O5PS+. The average Bonchev–Trinajstić information content (AvgIpc) is 2.54. The first-order valence-electron chi connectivity index (χ1n) is 9.89. The summed E-state index contributed by atoms with van der Waals surface area (Å²) in [6, 6.07) is -0.303. The van der Waals surface area contributed by atoms with Crippen LogP contribution in [0.3, 0.4) is 0 Å². The summed E-state index contributed by atoms with van der Waals surface area (Å²) in [4.78, 5) is 21.7. The van der Waals surface area contributed by atoms with Crippen LogP contribution in [0.1, 0.15) is 52.4 Å². The minimum absolute atomic E-state index is 0.0322. The molecule has 27 heavy (non-hydrogen) atoms. The van der Waals surface area contributed by atoms with Crippen LogP contribution in [0.2, 0.25) is 0 Å². The Hall–Kier alpha value is -0.110. The highest BCUT2D eigenvalue weighted by molar-refractivity contribution is 7.99. The van der Waals surface area contributed by atoms with Crippen molar-refractivity contribution in [3.63, 3.8) is 0 Å². The fourth-order valence-electron chi connectivity index (χ4n) is 2.17. The summed E-state index contributed by atoms with van der Waals surface area (Å²) in [5.74, 6) is 1.61. The third-order valence-corrected chi connectivity index (χ3v) is 5.96. The molecule has 0 aromatic rings. The molecule has 0 heterocycles. The van der Waals surface area contributed by atoms with Crippen molar-refractivity contribution < 1.29 is 27.8 Å². The lowest BCUT2D eigenvalue weighted by Crippen LogP contribution is -2.40. The second kappa shape index (κ2) is 14.8. The van der Waals surface area contributed by atoms with E-state index in [1.165, 1.54) is 19.3 Å². The molecule has 0 spiro atoms. The highest BCUT2D eigenvalue weighted by Crippen LogP contribution is 2.43. The van der Waals surface area contributed by atoms with Crippen molar-refractivity contribution in [1.82, 2.24) is 5.32 Å². The molecule has 1 unspecified atom stereocenters. The Balaban J connectivity index is 4.37. The van der Waals surface area contributed by atoms with E-state index in [2.05, 4.69) is 12.2 Å². The van der Waals surface area contributed by atoms with E-state index in [0.29, 0.717) is 23.2 Å². The number of unbranched alkanes of at least 4 members (excludes halogenated alkanes) is 3. The van der Waals surface area contributed by atoms with Gasteiger partial charge in [0.15, 0.2) is 0 Å². The molecule has 0 rings (SSSR count). The molecule has 1 amide bonds. The second-order valence-corrected chi connectivity index (χ2v) is 10.4. The average molecular weight is 428 g/mol. The van der Waals surface area contributed by atoms with Gasteiger partial charge in [-0.1, -0.05) is 33.1 Å². The smallest absolute Gasteiger partial charge is 0.350 e. The van der Waals surface area contributed by atoms with E-state index in [9.17, 15) is 14.3 Å². The molecule has 7 nitrogen and oxygen atoms in total. The van der Waals surface area contributed by atoms with Crippen LogP contribution in [0, 0.1) is 0 Å². The van der Waals surface area contributed by atoms with Gasteiger partial charge < -0.3 is 14.7 Å². The maximum absolute atomic E-state index is 12.0. The van der Waals surface area contributed by atoms with Crippen molar-refractivity contribution in [2.75, 3.05) is 52.4 Å². The third-order valence-electron chi connectivity index (χ3n) is 3.76. The van der Waals surface area contributed by atoms with Crippen LogP contribution in [0.5, 0.6) is 0 Å². The van der Waals surface area contributed by atoms with E-state index >= 15 is 0 Å². The number of quaternary nitrogens is 1. The van der Waals surface area contributed by atoms with Crippen molar-refractivity contribution in [1.29, 1.82) is 0 Å². The van der Waals surface area contributed by atoms with E-state index in [4.69, 9.17) is 9.05 Å². The third kappa shape index (κ3) is 17.7. The molecule has 0 aliphatic carbocycles. The highest BCUT2D eigenvalue weighted by atomic mass is 32.2. The molecule has 0 bridgehead atoms. The molecule has 0 fully saturated rings. The van der Waals surface area contributed by atoms with Crippen LogP contribution in [-0.2, 0) is 18.4 Å². The molecule has 9 heteroatoms. The summed E-state index contributed by atoms with van der Waals surface area (Å²) >= 11 is 1.73. The zero-order valence-electron chi connectivity index (χ0n) is 17.7. The van der Waals surface area contributed by atoms with E-state index in [-0.39, 0.29) is 25.2 Å². The lowest BCUT2D eigenvalue weighted by Gasteiger charge is -2.24. The second-order valence-electron chi connectivity index (χ2n) is 7.76. The minimum atomic E-state index is -4.12. The van der Waals surface area contributed by atoms with Crippen molar-refractivity contribution in [2.45, 2.75) is 58.4 Å². The van der Waals surface area contributed by atoms with Gasteiger partial charge in [-0.15, -0.1) is 0 Å². The lowest BCUT2D eigenvalue weighted by atomic mass is 10.2. The number of thioether (sulfide) groups is 1. The predicted molar refractivity (Wildman–Crippen MR) is 113 cm³/mol. The Morgan fingerprint density at radius 1 is 1.15 bits per heavy atom. The van der Waals surface area contributed by atoms with Gasteiger partial charge >= 0.3 is 7.82 Å². The van der Waals surface area contributed by atoms with Gasteiger partial charge in [-0.2, -0.15) is 11.8 Å². The van der Waals surface area contributed by atoms with Gasteiger partial charge in [-0.25, -0.2) is 4.57 Å². The van der Waals surface area contributed by atoms with Crippen LogP contribution in [0.15, 0.2) is 0 Å². The van der Waals surface area contributed by atoms with Crippen LogP contribution >= 0.6 is 19.6 Å². The SMILES string of the molecule is CCCCCCSC[C@H](COP(=O)(O)OCC[N+](C)(C)C)NC(=O)CCC. The van der Waals surface area contributed by atoms with Crippen molar-refractivity contribution in [3.8, 4) is 0 Å². The van der Waals surface area contributed by atoms with Gasteiger partial charge in [0, 0.05) is 12.2 Å². The number of nitrogens with one attached hydrogen (secondary N) is 1. The summed E-state index contributed by atoms with van der Waals surface area (Å²) in [6.07, 6.45) is 5.98. The molecule has 0 aromatic heterocycles. The zero-order valence-corrected chi connectivity index (χ0v) is 19.4. The first kappa shape index (κ1) is 26.9. The number of carbonyl (C=O) groups excluding carboxylic acids is 1. The topological polar surface area (TPSA) is 84.9 Å². The molecule has 0 saturated carbocycles. The van der Waals surface area contributed by atoms with E-state index < -0.39 is 7.82 Å². The van der Waals surface area contributed by atoms with Crippen LogP contribution in [0.25, 0.3) is 0 Å². The maximum atomic E-state index is 12.0. The monoisotopic (exact) mass is 427 g/mol. The number of carbonyl (C=O) groups is 1. The molecule has 162 valence electrons. The van der Waals surface area contributed by atoms with Crippen molar-refractivity contribution >= 4 is 25.5 Å². The molecule has 0 radical (unpaired) electrons. The van der Waals surface area contributed by atoms with Crippen molar-refractivity contribution in [2.24, 2.45) is 0 Å². The van der Waals surface area contributed by atoms with E-state index in [1.807, 2.05) is 28.1 Å². The minimum Gasteiger partial charge on any atom is -0.350 e. The summed E-state index contributed by atoms with van der Waals surface area (Å²) in [5.41, 5.74) is 0. The van der Waals surface area contributed by atoms with E-state index in [1.54, 1.807) is 11.8 Å². The molecule has 0 aliphatic rings. The van der Waals surface area contributed by atoms with Gasteiger partial charge in [-0.3, -0.25) is 13.8 Å². The Morgan fingerprint density at radius 2 is 1.85 bits per heavy atom. The van der Waals surface area contributed by atoms with Gasteiger partial charge in [-0.05, 0) is 18.6 Å². The van der Waals surface area contributed by atoms with Gasteiger partial charge in [0.25, 0.3) is 0 Å². The van der Waals surface area contributed by atoms with Gasteiger partial charge in [0.2, 0.25) is 5.91 Å². The largest absolute Gasteiger partial charge is 0.472 e. The number of phosphoric acid groups is 1. The summed E-state index contributed by atoms with van der Waals surface area (Å²) in [5, 5.41) is 2.90. The maximum Gasteiger partial charge on any atom is 0.472 e. The number of hydrogen-bond donors (Lipinski definition) is 2. The molecule has 0 aromatic carbocycles. The fourth-order valence-corrected chi connectivity index (χ4v) is 3.96. The molecule has 0 saturated heterocycles. The Labute approximate surface area is 169 Å². The van der Waals surface area contributed by atoms with E-state index in [0.717, 1.165) is 18.6 Å². The summed E-state index contributed by atoms with van der Waals surface area (Å²) in [6.45, 7) is 4.82. The Kier molecular flexibility index (Phi) is 14.8. The molecular weight excluding hydrogens is 387 g/mol. The number of rotatable bonds is 17. The summed E-state index contributed by atoms with van der Waals surface area (Å²) < 4.78 is 22.8. The normalized spacial score (nSPS) is 15.3. The van der Waals surface area contributed by atoms with Gasteiger partial charge in [0.1, 0.15) is 13.2 Å². The quantitative estimate of drug-likeness (QED) is 0.210. The predicted octanol–water partition coefficient (Wildman–Crippen LogP) is 3.42. The van der Waals surface area contributed by atoms with Crippen LogP contribution < -0.4 is 5.32 Å². The Bertz CT molecular complexity index is 446. The highest BCUT2D eigenvalue weighted by Gasteiger charge is 2.25. The lowest BCUT2D eigenvalue weighted by molar-refractivity contribution is -0.870. The number of hydrogen-bond acceptors (Lipinski definition) is 5. The fraction of sp³-hybridized carbons (Fsp3) is 0.944. The molecule has 2 N–H and O–H groups in total. The molecule has 2 atom stereocenters. The van der Waals surface area contributed by atoms with Crippen molar-refractivity contribution in [3.05, 3.63) is 0 Å². The standard InChI is InChI=1S/C18H39N2O5PS/c1-6-8-9-10-14-27-16-17(19-18(21)11-7-2)15-25-26(22,23)24-13-12-20(3,4)5/h17H,6-16H2,1-5H3,(H-,19,21,22,23)/p+1/t17-/m0/s1. The first-order valence-corrected chi connectivity index (χ1v) is 12.5. The summed E-state index contributed by atoms with van der Waals surface area (Å²) in [7, 11) is 1.81. The number of phosphoric ester groups is 1.